The van der Waals surface area contributed by atoms with Gasteiger partial charge in [0.15, 0.2) is 0 Å². The van der Waals surface area contributed by atoms with Crippen LogP contribution in [0.5, 0.6) is 0 Å². The molecule has 0 aliphatic carbocycles. The Bertz CT molecular complexity index is 739. The first kappa shape index (κ1) is 19.8. The number of furan rings is 2. The van der Waals surface area contributed by atoms with Crippen LogP contribution < -0.4 is 0 Å². The predicted octanol–water partition coefficient (Wildman–Crippen LogP) is 5.32. The summed E-state index contributed by atoms with van der Waals surface area (Å²) in [6, 6.07) is 2.94. The van der Waals surface area contributed by atoms with Crippen molar-refractivity contribution < 1.29 is 28.6 Å². The molecule has 6 heteroatoms. The number of carboxylic acid groups (broad SMARTS) is 2. The zero-order valence-electron chi connectivity index (χ0n) is 15.3. The third-order valence-corrected chi connectivity index (χ3v) is 4.50. The second-order valence-corrected chi connectivity index (χ2v) is 6.45. The molecule has 0 aromatic carbocycles. The third-order valence-electron chi connectivity index (χ3n) is 4.50. The zero-order valence-corrected chi connectivity index (χ0v) is 15.3. The highest BCUT2D eigenvalue weighted by Crippen LogP contribution is 2.35. The third kappa shape index (κ3) is 4.56. The molecule has 0 amide bonds. The molecule has 26 heavy (non-hydrogen) atoms. The highest BCUT2D eigenvalue weighted by atomic mass is 16.4. The van der Waals surface area contributed by atoms with Crippen LogP contribution in [-0.2, 0) is 6.42 Å². The van der Waals surface area contributed by atoms with Crippen LogP contribution in [0.15, 0.2) is 27.2 Å². The summed E-state index contributed by atoms with van der Waals surface area (Å²) in [4.78, 5) is 23.1. The Morgan fingerprint density at radius 2 is 1.73 bits per heavy atom. The second kappa shape index (κ2) is 9.27. The molecule has 2 aromatic heterocycles. The van der Waals surface area contributed by atoms with Gasteiger partial charge in [0, 0.05) is 6.42 Å². The van der Waals surface area contributed by atoms with Crippen molar-refractivity contribution in [3.63, 3.8) is 0 Å². The number of rotatable bonds is 11. The number of hydrogen-bond donors (Lipinski definition) is 2. The molecule has 2 aromatic rings. The minimum atomic E-state index is -1.07. The number of hydrogen-bond acceptors (Lipinski definition) is 4. The molecule has 0 aliphatic heterocycles. The Labute approximate surface area is 152 Å². The Hall–Kier alpha value is -2.50. The lowest BCUT2D eigenvalue weighted by Crippen LogP contribution is -2.06. The van der Waals surface area contributed by atoms with Crippen LogP contribution >= 0.6 is 0 Å². The normalized spacial score (nSPS) is 12.2. The highest BCUT2D eigenvalue weighted by molar-refractivity contribution is 5.90. The van der Waals surface area contributed by atoms with Gasteiger partial charge in [0.25, 0.3) is 0 Å². The molecule has 0 radical (unpaired) electrons. The standard InChI is InChI=1S/C20H26O6/c1-3-5-7-9-16-15(20(23)24)12-17(26-16)13(8-6-4-2)18-14(19(21)22)10-11-25-18/h10-13H,3-9H2,1-2H3,(H,21,22)(H,23,24). The maximum atomic E-state index is 11.6. The fourth-order valence-electron chi connectivity index (χ4n) is 3.10. The number of carboxylic acids is 2. The highest BCUT2D eigenvalue weighted by Gasteiger charge is 2.29. The maximum absolute atomic E-state index is 11.6. The Kier molecular flexibility index (Phi) is 7.06. The Morgan fingerprint density at radius 1 is 1.04 bits per heavy atom. The molecule has 1 atom stereocenters. The number of carbonyl (C=O) groups is 2. The molecule has 0 saturated carbocycles. The van der Waals surface area contributed by atoms with Crippen molar-refractivity contribution in [3.05, 3.63) is 46.8 Å². The lowest BCUT2D eigenvalue weighted by Gasteiger charge is -2.13. The van der Waals surface area contributed by atoms with E-state index in [4.69, 9.17) is 8.83 Å². The van der Waals surface area contributed by atoms with Gasteiger partial charge in [-0.1, -0.05) is 39.5 Å². The largest absolute Gasteiger partial charge is 0.478 e. The van der Waals surface area contributed by atoms with Gasteiger partial charge in [0.1, 0.15) is 28.4 Å². The van der Waals surface area contributed by atoms with Crippen LogP contribution in [0.1, 0.15) is 96.3 Å². The van der Waals surface area contributed by atoms with E-state index in [2.05, 4.69) is 6.92 Å². The average Bonchev–Trinajstić information content (AvgIpc) is 3.23. The molecule has 2 N–H and O–H groups in total. The van der Waals surface area contributed by atoms with E-state index in [9.17, 15) is 19.8 Å². The molecule has 2 heterocycles. The van der Waals surface area contributed by atoms with Gasteiger partial charge in [-0.25, -0.2) is 9.59 Å². The summed E-state index contributed by atoms with van der Waals surface area (Å²) in [5, 5.41) is 18.9. The van der Waals surface area contributed by atoms with Crippen molar-refractivity contribution >= 4 is 11.9 Å². The van der Waals surface area contributed by atoms with E-state index < -0.39 is 17.9 Å². The monoisotopic (exact) mass is 362 g/mol. The van der Waals surface area contributed by atoms with Crippen molar-refractivity contribution in [2.75, 3.05) is 0 Å². The van der Waals surface area contributed by atoms with Crippen LogP contribution in [0.4, 0.5) is 0 Å². The number of aromatic carboxylic acids is 2. The summed E-state index contributed by atoms with van der Waals surface area (Å²) in [5.74, 6) is -1.28. The van der Waals surface area contributed by atoms with Crippen LogP contribution in [0.2, 0.25) is 0 Å². The smallest absolute Gasteiger partial charge is 0.339 e. The van der Waals surface area contributed by atoms with Crippen LogP contribution in [0.25, 0.3) is 0 Å². The average molecular weight is 362 g/mol. The SMILES string of the molecule is CCCCCc1oc(C(CCCC)c2occc2C(=O)O)cc1C(=O)O. The molecular weight excluding hydrogens is 336 g/mol. The summed E-state index contributed by atoms with van der Waals surface area (Å²) in [6.45, 7) is 4.12. The van der Waals surface area contributed by atoms with Gasteiger partial charge < -0.3 is 19.0 Å². The summed E-state index contributed by atoms with van der Waals surface area (Å²) < 4.78 is 11.4. The van der Waals surface area contributed by atoms with Crippen molar-refractivity contribution in [2.45, 2.75) is 64.7 Å². The van der Waals surface area contributed by atoms with E-state index in [0.717, 1.165) is 32.1 Å². The van der Waals surface area contributed by atoms with Crippen molar-refractivity contribution in [1.82, 2.24) is 0 Å². The number of unbranched alkanes of at least 4 members (excludes halogenated alkanes) is 3. The van der Waals surface area contributed by atoms with Gasteiger partial charge in [0.2, 0.25) is 0 Å². The molecule has 2 rings (SSSR count). The van der Waals surface area contributed by atoms with Gasteiger partial charge >= 0.3 is 11.9 Å². The quantitative estimate of drug-likeness (QED) is 0.524. The fraction of sp³-hybridized carbons (Fsp3) is 0.500. The predicted molar refractivity (Wildman–Crippen MR) is 95.9 cm³/mol. The maximum Gasteiger partial charge on any atom is 0.339 e. The topological polar surface area (TPSA) is 101 Å². The summed E-state index contributed by atoms with van der Waals surface area (Å²) in [5.41, 5.74) is 0.243. The fourth-order valence-corrected chi connectivity index (χ4v) is 3.10. The first-order valence-corrected chi connectivity index (χ1v) is 9.16. The van der Waals surface area contributed by atoms with Crippen LogP contribution in [-0.4, -0.2) is 22.2 Å². The molecule has 1 unspecified atom stereocenters. The molecule has 6 nitrogen and oxygen atoms in total. The van der Waals surface area contributed by atoms with E-state index in [1.807, 2.05) is 6.92 Å². The van der Waals surface area contributed by atoms with Crippen molar-refractivity contribution in [2.24, 2.45) is 0 Å². The van der Waals surface area contributed by atoms with Gasteiger partial charge in [-0.3, -0.25) is 0 Å². The second-order valence-electron chi connectivity index (χ2n) is 6.45. The van der Waals surface area contributed by atoms with E-state index in [0.29, 0.717) is 30.1 Å². The molecule has 0 spiro atoms. The first-order chi connectivity index (χ1) is 12.5. The first-order valence-electron chi connectivity index (χ1n) is 9.16. The minimum absolute atomic E-state index is 0.0897. The summed E-state index contributed by atoms with van der Waals surface area (Å²) in [7, 11) is 0. The van der Waals surface area contributed by atoms with Gasteiger partial charge in [-0.15, -0.1) is 0 Å². The molecule has 0 saturated heterocycles. The molecule has 142 valence electrons. The van der Waals surface area contributed by atoms with Gasteiger partial charge in [-0.05, 0) is 25.0 Å². The van der Waals surface area contributed by atoms with Crippen LogP contribution in [0, 0.1) is 0 Å². The van der Waals surface area contributed by atoms with Gasteiger partial charge in [0.05, 0.1) is 12.2 Å². The number of aryl methyl sites for hydroxylation is 1. The lowest BCUT2D eigenvalue weighted by atomic mass is 9.93. The van der Waals surface area contributed by atoms with E-state index in [1.165, 1.54) is 18.4 Å². The lowest BCUT2D eigenvalue weighted by molar-refractivity contribution is 0.0683. The van der Waals surface area contributed by atoms with Gasteiger partial charge in [-0.2, -0.15) is 0 Å². The van der Waals surface area contributed by atoms with Crippen molar-refractivity contribution in [1.29, 1.82) is 0 Å². The van der Waals surface area contributed by atoms with Crippen molar-refractivity contribution in [3.8, 4) is 0 Å². The summed E-state index contributed by atoms with van der Waals surface area (Å²) >= 11 is 0. The molecule has 0 aliphatic rings. The van der Waals surface area contributed by atoms with E-state index in [1.54, 1.807) is 0 Å². The zero-order chi connectivity index (χ0) is 19.1. The summed E-state index contributed by atoms with van der Waals surface area (Å²) in [6.07, 6.45) is 7.18. The Morgan fingerprint density at radius 3 is 2.35 bits per heavy atom. The molecular formula is C20H26O6. The molecule has 0 bridgehead atoms. The molecule has 0 fully saturated rings. The van der Waals surface area contributed by atoms with Crippen LogP contribution in [0.3, 0.4) is 0 Å². The Balaban J connectivity index is 2.41. The minimum Gasteiger partial charge on any atom is -0.478 e. The van der Waals surface area contributed by atoms with E-state index >= 15 is 0 Å². The van der Waals surface area contributed by atoms with E-state index in [-0.39, 0.29) is 11.1 Å².